The van der Waals surface area contributed by atoms with Crippen molar-refractivity contribution in [3.8, 4) is 0 Å². The molecule has 0 aromatic heterocycles. The van der Waals surface area contributed by atoms with E-state index >= 15 is 0 Å². The van der Waals surface area contributed by atoms with Crippen molar-refractivity contribution in [3.63, 3.8) is 0 Å². The highest BCUT2D eigenvalue weighted by Crippen LogP contribution is 2.17. The molecule has 84 valence electrons. The molecule has 0 aliphatic carbocycles. The highest BCUT2D eigenvalue weighted by Gasteiger charge is 2.17. The topological polar surface area (TPSA) is 26.0 Å². The lowest BCUT2D eigenvalue weighted by Gasteiger charge is -2.13. The maximum atomic E-state index is 12.4. The number of hydrogen-bond acceptors (Lipinski definition) is 1. The lowest BCUT2D eigenvalue weighted by atomic mass is 10.00. The van der Waals surface area contributed by atoms with Crippen LogP contribution in [-0.4, -0.2) is 13.0 Å². The van der Waals surface area contributed by atoms with Crippen LogP contribution in [0.1, 0.15) is 12.0 Å². The van der Waals surface area contributed by atoms with Gasteiger partial charge in [0.25, 0.3) is 0 Å². The summed E-state index contributed by atoms with van der Waals surface area (Å²) < 4.78 is 24.7. The van der Waals surface area contributed by atoms with E-state index in [4.69, 9.17) is 17.3 Å². The third-order valence-electron chi connectivity index (χ3n) is 2.38. The van der Waals surface area contributed by atoms with Gasteiger partial charge in [-0.3, -0.25) is 0 Å². The predicted octanol–water partition coefficient (Wildman–Crippen LogP) is 3.11. The minimum absolute atomic E-state index is 0.0330. The van der Waals surface area contributed by atoms with Crippen molar-refractivity contribution in [3.05, 3.63) is 34.9 Å². The van der Waals surface area contributed by atoms with Gasteiger partial charge < -0.3 is 5.73 Å². The molecule has 0 amide bonds. The van der Waals surface area contributed by atoms with Gasteiger partial charge in [0.15, 0.2) is 0 Å². The Morgan fingerprint density at radius 2 is 1.80 bits per heavy atom. The summed E-state index contributed by atoms with van der Waals surface area (Å²) >= 11 is 5.71. The van der Waals surface area contributed by atoms with Gasteiger partial charge in [-0.1, -0.05) is 23.7 Å². The number of rotatable bonds is 5. The normalized spacial score (nSPS) is 13.1. The van der Waals surface area contributed by atoms with Crippen LogP contribution in [0.4, 0.5) is 8.78 Å². The molecule has 1 rings (SSSR count). The Kier molecular flexibility index (Phi) is 4.99. The molecule has 0 saturated carbocycles. The molecule has 1 aromatic carbocycles. The van der Waals surface area contributed by atoms with Crippen LogP contribution in [0.15, 0.2) is 24.3 Å². The number of aryl methyl sites for hydroxylation is 1. The van der Waals surface area contributed by atoms with E-state index < -0.39 is 12.3 Å². The van der Waals surface area contributed by atoms with Crippen molar-refractivity contribution in [2.24, 2.45) is 11.7 Å². The minimum atomic E-state index is -2.33. The molecule has 1 unspecified atom stereocenters. The van der Waals surface area contributed by atoms with Gasteiger partial charge in [0.05, 0.1) is 0 Å². The van der Waals surface area contributed by atoms with Crippen molar-refractivity contribution in [2.75, 3.05) is 6.54 Å². The zero-order valence-electron chi connectivity index (χ0n) is 8.30. The van der Waals surface area contributed by atoms with Crippen LogP contribution in [-0.2, 0) is 6.42 Å². The van der Waals surface area contributed by atoms with E-state index in [0.29, 0.717) is 17.9 Å². The third kappa shape index (κ3) is 4.14. The Hall–Kier alpha value is -0.670. The second-order valence-electron chi connectivity index (χ2n) is 3.50. The molecular weight excluding hydrogens is 220 g/mol. The minimum Gasteiger partial charge on any atom is -0.330 e. The van der Waals surface area contributed by atoms with Crippen LogP contribution in [0, 0.1) is 5.92 Å². The van der Waals surface area contributed by atoms with E-state index in [-0.39, 0.29) is 6.54 Å². The Labute approximate surface area is 93.2 Å². The summed E-state index contributed by atoms with van der Waals surface area (Å²) in [7, 11) is 0. The number of halogens is 3. The summed E-state index contributed by atoms with van der Waals surface area (Å²) in [6.45, 7) is 0.0330. The third-order valence-corrected chi connectivity index (χ3v) is 2.63. The van der Waals surface area contributed by atoms with Crippen LogP contribution in [0.2, 0.25) is 5.02 Å². The number of hydrogen-bond donors (Lipinski definition) is 1. The quantitative estimate of drug-likeness (QED) is 0.831. The molecule has 0 bridgehead atoms. The number of benzene rings is 1. The molecule has 4 heteroatoms. The van der Waals surface area contributed by atoms with Gasteiger partial charge in [-0.15, -0.1) is 0 Å². The standard InChI is InChI=1S/C11H14ClF2N/c12-10-5-2-8(3-6-10)1-4-9(7-15)11(13)14/h2-3,5-6,9,11H,1,4,7,15H2. The number of nitrogens with two attached hydrogens (primary N) is 1. The van der Waals surface area contributed by atoms with E-state index in [0.717, 1.165) is 5.56 Å². The average Bonchev–Trinajstić information content (AvgIpc) is 2.21. The van der Waals surface area contributed by atoms with Crippen molar-refractivity contribution < 1.29 is 8.78 Å². The molecule has 1 nitrogen and oxygen atoms in total. The highest BCUT2D eigenvalue weighted by molar-refractivity contribution is 6.30. The molecule has 1 atom stereocenters. The lowest BCUT2D eigenvalue weighted by Crippen LogP contribution is -2.22. The predicted molar refractivity (Wildman–Crippen MR) is 58.3 cm³/mol. The van der Waals surface area contributed by atoms with Gasteiger partial charge in [0.2, 0.25) is 6.43 Å². The smallest absolute Gasteiger partial charge is 0.242 e. The first-order valence-corrected chi connectivity index (χ1v) is 5.24. The van der Waals surface area contributed by atoms with Crippen LogP contribution < -0.4 is 5.73 Å². The zero-order valence-corrected chi connectivity index (χ0v) is 9.05. The van der Waals surface area contributed by atoms with Gasteiger partial charge >= 0.3 is 0 Å². The first-order chi connectivity index (χ1) is 7.13. The Balaban J connectivity index is 2.45. The van der Waals surface area contributed by atoms with E-state index in [9.17, 15) is 8.78 Å². The van der Waals surface area contributed by atoms with Crippen molar-refractivity contribution in [1.82, 2.24) is 0 Å². The second-order valence-corrected chi connectivity index (χ2v) is 3.93. The molecule has 0 saturated heterocycles. The van der Waals surface area contributed by atoms with Crippen molar-refractivity contribution in [2.45, 2.75) is 19.3 Å². The second kappa shape index (κ2) is 6.03. The SMILES string of the molecule is NCC(CCc1ccc(Cl)cc1)C(F)F. The highest BCUT2D eigenvalue weighted by atomic mass is 35.5. The fraction of sp³-hybridized carbons (Fsp3) is 0.455. The van der Waals surface area contributed by atoms with E-state index in [1.54, 1.807) is 12.1 Å². The fourth-order valence-corrected chi connectivity index (χ4v) is 1.48. The first-order valence-electron chi connectivity index (χ1n) is 4.86. The van der Waals surface area contributed by atoms with Gasteiger partial charge in [0.1, 0.15) is 0 Å². The van der Waals surface area contributed by atoms with Crippen molar-refractivity contribution >= 4 is 11.6 Å². The van der Waals surface area contributed by atoms with Crippen LogP contribution in [0.5, 0.6) is 0 Å². The Bertz CT molecular complexity index is 287. The average molecular weight is 234 g/mol. The first kappa shape index (κ1) is 12.4. The van der Waals surface area contributed by atoms with Gasteiger partial charge in [-0.25, -0.2) is 8.78 Å². The Morgan fingerprint density at radius 3 is 2.27 bits per heavy atom. The largest absolute Gasteiger partial charge is 0.330 e. The summed E-state index contributed by atoms with van der Waals surface area (Å²) in [6, 6.07) is 7.22. The lowest BCUT2D eigenvalue weighted by molar-refractivity contribution is 0.0769. The van der Waals surface area contributed by atoms with E-state index in [1.165, 1.54) is 0 Å². The maximum Gasteiger partial charge on any atom is 0.242 e. The van der Waals surface area contributed by atoms with E-state index in [1.807, 2.05) is 12.1 Å². The monoisotopic (exact) mass is 233 g/mol. The molecule has 0 heterocycles. The molecule has 1 aromatic rings. The molecular formula is C11H14ClF2N. The summed E-state index contributed by atoms with van der Waals surface area (Å²) in [6.07, 6.45) is -1.30. The van der Waals surface area contributed by atoms with Gasteiger partial charge in [-0.05, 0) is 30.5 Å². The van der Waals surface area contributed by atoms with Gasteiger partial charge in [-0.2, -0.15) is 0 Å². The van der Waals surface area contributed by atoms with Gasteiger partial charge in [0, 0.05) is 17.5 Å². The van der Waals surface area contributed by atoms with Crippen LogP contribution in [0.25, 0.3) is 0 Å². The van der Waals surface area contributed by atoms with Crippen molar-refractivity contribution in [1.29, 1.82) is 0 Å². The molecule has 2 N–H and O–H groups in total. The van der Waals surface area contributed by atoms with Crippen LogP contribution >= 0.6 is 11.6 Å². The molecule has 0 radical (unpaired) electrons. The summed E-state index contributed by atoms with van der Waals surface area (Å²) in [4.78, 5) is 0. The molecule has 0 aliphatic rings. The molecule has 15 heavy (non-hydrogen) atoms. The van der Waals surface area contributed by atoms with Crippen LogP contribution in [0.3, 0.4) is 0 Å². The summed E-state index contributed by atoms with van der Waals surface area (Å²) in [5.74, 6) is -0.708. The van der Waals surface area contributed by atoms with E-state index in [2.05, 4.69) is 0 Å². The summed E-state index contributed by atoms with van der Waals surface area (Å²) in [5, 5.41) is 0.656. The number of alkyl halides is 2. The molecule has 0 fully saturated rings. The maximum absolute atomic E-state index is 12.4. The molecule has 0 aliphatic heterocycles. The zero-order chi connectivity index (χ0) is 11.3. The Morgan fingerprint density at radius 1 is 1.20 bits per heavy atom. The fourth-order valence-electron chi connectivity index (χ4n) is 1.35. The summed E-state index contributed by atoms with van der Waals surface area (Å²) in [5.41, 5.74) is 6.27. The molecule has 0 spiro atoms.